The number of hydrogen-bond donors (Lipinski definition) is 1. The second kappa shape index (κ2) is 9.68. The maximum atomic E-state index is 12.3. The highest BCUT2D eigenvalue weighted by molar-refractivity contribution is 5.93. The monoisotopic (exact) mass is 399 g/mol. The molecule has 1 N–H and O–H groups in total. The minimum absolute atomic E-state index is 0.0360. The van der Waals surface area contributed by atoms with Gasteiger partial charge in [0.1, 0.15) is 0 Å². The first-order valence-electron chi connectivity index (χ1n) is 10.7. The van der Waals surface area contributed by atoms with Crippen molar-refractivity contribution in [1.29, 1.82) is 0 Å². The van der Waals surface area contributed by atoms with Gasteiger partial charge in [0.15, 0.2) is 0 Å². The van der Waals surface area contributed by atoms with Gasteiger partial charge >= 0.3 is 0 Å². The van der Waals surface area contributed by atoms with Crippen LogP contribution in [0, 0.1) is 12.8 Å². The second-order valence-corrected chi connectivity index (χ2v) is 8.21. The highest BCUT2D eigenvalue weighted by atomic mass is 16.1. The number of piperidine rings is 1. The molecule has 3 aromatic rings. The van der Waals surface area contributed by atoms with E-state index in [9.17, 15) is 4.79 Å². The van der Waals surface area contributed by atoms with Gasteiger partial charge in [0.05, 0.1) is 5.56 Å². The minimum atomic E-state index is -0.0360. The van der Waals surface area contributed by atoms with Gasteiger partial charge < -0.3 is 5.32 Å². The van der Waals surface area contributed by atoms with Crippen LogP contribution in [0.2, 0.25) is 0 Å². The van der Waals surface area contributed by atoms with Crippen molar-refractivity contribution in [2.45, 2.75) is 26.3 Å². The highest BCUT2D eigenvalue weighted by Gasteiger charge is 2.21. The molecule has 30 heavy (non-hydrogen) atoms. The van der Waals surface area contributed by atoms with Crippen LogP contribution in [0.15, 0.2) is 73.1 Å². The van der Waals surface area contributed by atoms with Gasteiger partial charge in [-0.05, 0) is 72.7 Å². The SMILES string of the molecule is Cc1ccccc1-c1cccc(CN2CCCC(CNC(=O)c3cccnc3)C2)c1. The van der Waals surface area contributed by atoms with Crippen molar-refractivity contribution in [3.8, 4) is 11.1 Å². The summed E-state index contributed by atoms with van der Waals surface area (Å²) in [6, 6.07) is 21.0. The molecular weight excluding hydrogens is 370 g/mol. The van der Waals surface area contributed by atoms with E-state index in [-0.39, 0.29) is 5.91 Å². The number of nitrogens with zero attached hydrogens (tertiary/aromatic N) is 2. The van der Waals surface area contributed by atoms with Crippen molar-refractivity contribution in [3.05, 3.63) is 89.7 Å². The molecule has 2 heterocycles. The molecule has 1 saturated heterocycles. The maximum Gasteiger partial charge on any atom is 0.252 e. The number of pyridine rings is 1. The molecule has 1 aromatic heterocycles. The number of carbonyl (C=O) groups excluding carboxylic acids is 1. The standard InChI is InChI=1S/C26H29N3O/c1-20-7-2-3-12-25(20)23-10-4-8-21(15-23)18-29-14-6-9-22(19-29)16-28-26(30)24-11-5-13-27-17-24/h2-5,7-8,10-13,15,17,22H,6,9,14,16,18-19H2,1H3,(H,28,30). The third kappa shape index (κ3) is 5.14. The smallest absolute Gasteiger partial charge is 0.252 e. The van der Waals surface area contributed by atoms with E-state index in [2.05, 4.69) is 70.7 Å². The van der Waals surface area contributed by atoms with Crippen molar-refractivity contribution >= 4 is 5.91 Å². The van der Waals surface area contributed by atoms with Gasteiger partial charge in [0.2, 0.25) is 0 Å². The molecule has 1 aliphatic rings. The summed E-state index contributed by atoms with van der Waals surface area (Å²) in [4.78, 5) is 18.8. The Morgan fingerprint density at radius 3 is 2.87 bits per heavy atom. The van der Waals surface area contributed by atoms with Crippen molar-refractivity contribution in [2.24, 2.45) is 5.92 Å². The van der Waals surface area contributed by atoms with Crippen molar-refractivity contribution in [1.82, 2.24) is 15.2 Å². The molecule has 4 nitrogen and oxygen atoms in total. The number of hydrogen-bond acceptors (Lipinski definition) is 3. The van der Waals surface area contributed by atoms with Gasteiger partial charge in [0.25, 0.3) is 5.91 Å². The first kappa shape index (κ1) is 20.3. The van der Waals surface area contributed by atoms with E-state index in [1.165, 1.54) is 28.7 Å². The van der Waals surface area contributed by atoms with E-state index < -0.39 is 0 Å². The number of aromatic nitrogens is 1. The summed E-state index contributed by atoms with van der Waals surface area (Å²) >= 11 is 0. The molecule has 1 unspecified atom stereocenters. The molecular formula is C26H29N3O. The highest BCUT2D eigenvalue weighted by Crippen LogP contribution is 2.25. The van der Waals surface area contributed by atoms with Crippen molar-refractivity contribution in [3.63, 3.8) is 0 Å². The Hall–Kier alpha value is -2.98. The molecule has 0 radical (unpaired) electrons. The lowest BCUT2D eigenvalue weighted by Crippen LogP contribution is -2.40. The van der Waals surface area contributed by atoms with Gasteiger partial charge in [-0.2, -0.15) is 0 Å². The molecule has 1 aliphatic heterocycles. The molecule has 1 fully saturated rings. The normalized spacial score (nSPS) is 16.9. The fourth-order valence-electron chi connectivity index (χ4n) is 4.29. The molecule has 1 amide bonds. The topological polar surface area (TPSA) is 45.2 Å². The number of benzene rings is 2. The first-order chi connectivity index (χ1) is 14.7. The largest absolute Gasteiger partial charge is 0.352 e. The van der Waals surface area contributed by atoms with E-state index >= 15 is 0 Å². The minimum Gasteiger partial charge on any atom is -0.352 e. The first-order valence-corrected chi connectivity index (χ1v) is 10.7. The van der Waals surface area contributed by atoms with Crippen molar-refractivity contribution < 1.29 is 4.79 Å². The zero-order valence-electron chi connectivity index (χ0n) is 17.6. The molecule has 2 aromatic carbocycles. The Bertz CT molecular complexity index is 986. The lowest BCUT2D eigenvalue weighted by molar-refractivity contribution is 0.0930. The molecule has 0 aliphatic carbocycles. The van der Waals surface area contributed by atoms with Crippen LogP contribution in [0.4, 0.5) is 0 Å². The third-order valence-electron chi connectivity index (χ3n) is 5.87. The Kier molecular flexibility index (Phi) is 6.55. The van der Waals surface area contributed by atoms with E-state index in [0.717, 1.165) is 26.1 Å². The summed E-state index contributed by atoms with van der Waals surface area (Å²) in [5.41, 5.74) is 5.85. The Morgan fingerprint density at radius 2 is 2.03 bits per heavy atom. The molecule has 4 rings (SSSR count). The lowest BCUT2D eigenvalue weighted by Gasteiger charge is -2.33. The fourth-order valence-corrected chi connectivity index (χ4v) is 4.29. The maximum absolute atomic E-state index is 12.3. The number of likely N-dealkylation sites (tertiary alicyclic amines) is 1. The van der Waals surface area contributed by atoms with Crippen LogP contribution < -0.4 is 5.32 Å². The summed E-state index contributed by atoms with van der Waals surface area (Å²) < 4.78 is 0. The van der Waals surface area contributed by atoms with Crippen LogP contribution in [0.3, 0.4) is 0 Å². The quantitative estimate of drug-likeness (QED) is 0.653. The molecule has 4 heteroatoms. The van der Waals surface area contributed by atoms with Crippen LogP contribution in [0.5, 0.6) is 0 Å². The van der Waals surface area contributed by atoms with Crippen LogP contribution in [0.25, 0.3) is 11.1 Å². The van der Waals surface area contributed by atoms with E-state index in [1.807, 2.05) is 0 Å². The van der Waals surface area contributed by atoms with E-state index in [0.29, 0.717) is 18.0 Å². The predicted octanol–water partition coefficient (Wildman–Crippen LogP) is 4.70. The molecule has 0 saturated carbocycles. The molecule has 0 bridgehead atoms. The zero-order chi connectivity index (χ0) is 20.8. The van der Waals surface area contributed by atoms with Crippen LogP contribution >= 0.6 is 0 Å². The Balaban J connectivity index is 1.35. The molecule has 0 spiro atoms. The number of rotatable bonds is 6. The van der Waals surface area contributed by atoms with Gasteiger partial charge in [-0.3, -0.25) is 14.7 Å². The summed E-state index contributed by atoms with van der Waals surface area (Å²) in [6.45, 7) is 5.96. The third-order valence-corrected chi connectivity index (χ3v) is 5.87. The number of nitrogens with one attached hydrogen (secondary N) is 1. The number of aryl methyl sites for hydroxylation is 1. The summed E-state index contributed by atoms with van der Waals surface area (Å²) in [6.07, 6.45) is 5.63. The van der Waals surface area contributed by atoms with Gasteiger partial charge in [-0.1, -0.05) is 42.5 Å². The summed E-state index contributed by atoms with van der Waals surface area (Å²) in [5.74, 6) is 0.449. The van der Waals surface area contributed by atoms with Crippen LogP contribution in [-0.2, 0) is 6.54 Å². The van der Waals surface area contributed by atoms with Gasteiger partial charge in [-0.15, -0.1) is 0 Å². The Labute approximate surface area is 179 Å². The lowest BCUT2D eigenvalue weighted by atomic mass is 9.96. The van der Waals surface area contributed by atoms with Gasteiger partial charge in [0, 0.05) is 32.0 Å². The summed E-state index contributed by atoms with van der Waals surface area (Å²) in [7, 11) is 0. The average Bonchev–Trinajstić information content (AvgIpc) is 2.79. The van der Waals surface area contributed by atoms with Crippen LogP contribution in [0.1, 0.15) is 34.3 Å². The number of carbonyl (C=O) groups is 1. The Morgan fingerprint density at radius 1 is 1.13 bits per heavy atom. The van der Waals surface area contributed by atoms with E-state index in [1.54, 1.807) is 24.5 Å². The fraction of sp³-hybridized carbons (Fsp3) is 0.308. The molecule has 1 atom stereocenters. The average molecular weight is 400 g/mol. The zero-order valence-corrected chi connectivity index (χ0v) is 17.6. The predicted molar refractivity (Wildman–Crippen MR) is 121 cm³/mol. The van der Waals surface area contributed by atoms with Crippen molar-refractivity contribution in [2.75, 3.05) is 19.6 Å². The van der Waals surface area contributed by atoms with Crippen LogP contribution in [-0.4, -0.2) is 35.4 Å². The summed E-state index contributed by atoms with van der Waals surface area (Å²) in [5, 5.41) is 3.08. The number of amides is 1. The molecule has 154 valence electrons. The van der Waals surface area contributed by atoms with E-state index in [4.69, 9.17) is 0 Å². The van der Waals surface area contributed by atoms with Gasteiger partial charge in [-0.25, -0.2) is 0 Å². The second-order valence-electron chi connectivity index (χ2n) is 8.21.